The monoisotopic (exact) mass is 589 g/mol. The minimum atomic E-state index is -0.473. The molecule has 226 valence electrons. The molecule has 2 N–H and O–H groups in total. The Morgan fingerprint density at radius 1 is 1.19 bits per heavy atom. The predicted octanol–water partition coefficient (Wildman–Crippen LogP) is 1.81. The van der Waals surface area contributed by atoms with Crippen molar-refractivity contribution in [2.75, 3.05) is 33.4 Å². The molecule has 0 radical (unpaired) electrons. The largest absolute Gasteiger partial charge is 0.493 e. The van der Waals surface area contributed by atoms with Crippen molar-refractivity contribution in [3.05, 3.63) is 65.6 Å². The highest BCUT2D eigenvalue weighted by Gasteiger charge is 2.28. The summed E-state index contributed by atoms with van der Waals surface area (Å²) in [4.78, 5) is 50.5. The van der Waals surface area contributed by atoms with Crippen molar-refractivity contribution < 1.29 is 23.9 Å². The summed E-state index contributed by atoms with van der Waals surface area (Å²) in [5.74, 6) is 0.942. The number of imidazole rings is 1. The average molecular weight is 590 g/mol. The summed E-state index contributed by atoms with van der Waals surface area (Å²) in [6, 6.07) is 7.97. The number of nitrogens with one attached hydrogen (secondary N) is 2. The molecule has 0 saturated heterocycles. The Hall–Kier alpha value is -5.01. The van der Waals surface area contributed by atoms with Gasteiger partial charge in [-0.25, -0.2) is 19.2 Å². The second-order valence-electron chi connectivity index (χ2n) is 10.5. The average Bonchev–Trinajstić information content (AvgIpc) is 3.59. The third kappa shape index (κ3) is 6.58. The Kier molecular flexibility index (Phi) is 8.83. The molecule has 1 atom stereocenters. The summed E-state index contributed by atoms with van der Waals surface area (Å²) in [5, 5.41) is 14.7. The van der Waals surface area contributed by atoms with Gasteiger partial charge in [-0.05, 0) is 49.6 Å². The molecule has 1 aliphatic heterocycles. The van der Waals surface area contributed by atoms with Gasteiger partial charge in [0, 0.05) is 24.8 Å². The van der Waals surface area contributed by atoms with Gasteiger partial charge in [0.1, 0.15) is 18.3 Å². The molecule has 2 bridgehead atoms. The Morgan fingerprint density at radius 3 is 2.81 bits per heavy atom. The van der Waals surface area contributed by atoms with Crippen LogP contribution in [0.2, 0.25) is 0 Å². The molecule has 0 aliphatic carbocycles. The molecule has 0 saturated carbocycles. The SMILES string of the molecule is COc1ccc2cc1OCCn1nc(C)nc1[C@H](C(C)C)NC(=O)CN(C(=O)c1cnc3cccnn13)CCCNC2=O. The molecule has 1 aromatic carbocycles. The first-order valence-corrected chi connectivity index (χ1v) is 14.1. The molecule has 4 heterocycles. The van der Waals surface area contributed by atoms with Gasteiger partial charge >= 0.3 is 0 Å². The second-order valence-corrected chi connectivity index (χ2v) is 10.5. The maximum Gasteiger partial charge on any atom is 0.274 e. The van der Waals surface area contributed by atoms with Crippen LogP contribution in [0.1, 0.15) is 58.8 Å². The highest BCUT2D eigenvalue weighted by molar-refractivity contribution is 5.96. The van der Waals surface area contributed by atoms with Crippen LogP contribution in [0.15, 0.2) is 42.7 Å². The van der Waals surface area contributed by atoms with Crippen LogP contribution in [-0.4, -0.2) is 85.3 Å². The number of methoxy groups -OCH3 is 1. The molecule has 4 aromatic rings. The lowest BCUT2D eigenvalue weighted by Gasteiger charge is -2.26. The molecular formula is C29H35N9O5. The van der Waals surface area contributed by atoms with Crippen LogP contribution in [0.3, 0.4) is 0 Å². The molecular weight excluding hydrogens is 554 g/mol. The van der Waals surface area contributed by atoms with E-state index in [0.717, 1.165) is 0 Å². The standard InChI is InChI=1S/C29H35N9O5/c1-18(2)26-27-33-19(3)35-37(27)13-14-43-23-15-20(8-9-22(23)42-4)28(40)30-10-6-12-36(17-25(39)34-26)29(41)21-16-31-24-7-5-11-32-38(21)24/h5,7-9,11,15-16,18,26H,6,10,12-14,17H2,1-4H3,(H,30,40)(H,34,39)/t26-/m0/s1. The number of rotatable bonds is 3. The minimum absolute atomic E-state index is 0.0306. The van der Waals surface area contributed by atoms with Gasteiger partial charge in [-0.2, -0.15) is 10.2 Å². The normalized spacial score (nSPS) is 17.0. The van der Waals surface area contributed by atoms with Crippen LogP contribution < -0.4 is 20.1 Å². The number of nitrogens with zero attached hydrogens (tertiary/aromatic N) is 7. The first-order chi connectivity index (χ1) is 20.7. The van der Waals surface area contributed by atoms with E-state index < -0.39 is 11.9 Å². The van der Waals surface area contributed by atoms with Crippen LogP contribution in [0.25, 0.3) is 5.65 Å². The van der Waals surface area contributed by atoms with E-state index in [1.807, 2.05) is 13.8 Å². The quantitative estimate of drug-likeness (QED) is 0.364. The molecule has 5 rings (SSSR count). The number of hydrogen-bond donors (Lipinski definition) is 2. The van der Waals surface area contributed by atoms with E-state index in [2.05, 4.69) is 30.8 Å². The van der Waals surface area contributed by atoms with Crippen molar-refractivity contribution in [3.8, 4) is 11.5 Å². The number of amides is 3. The Bertz CT molecular complexity index is 1630. The van der Waals surface area contributed by atoms with Crippen LogP contribution in [0, 0.1) is 12.8 Å². The number of aryl methyl sites for hydroxylation is 1. The van der Waals surface area contributed by atoms with Crippen LogP contribution >= 0.6 is 0 Å². The number of ether oxygens (including phenoxy) is 2. The molecule has 1 aliphatic rings. The fourth-order valence-corrected chi connectivity index (χ4v) is 4.92. The first-order valence-electron chi connectivity index (χ1n) is 14.1. The molecule has 0 unspecified atom stereocenters. The topological polar surface area (TPSA) is 158 Å². The van der Waals surface area contributed by atoms with Crippen LogP contribution in [-0.2, 0) is 11.3 Å². The highest BCUT2D eigenvalue weighted by atomic mass is 16.5. The van der Waals surface area contributed by atoms with Crippen molar-refractivity contribution >= 4 is 23.4 Å². The molecule has 3 aromatic heterocycles. The van der Waals surface area contributed by atoms with Crippen molar-refractivity contribution in [2.24, 2.45) is 5.92 Å². The Morgan fingerprint density at radius 2 is 2.02 bits per heavy atom. The van der Waals surface area contributed by atoms with E-state index in [1.54, 1.807) is 48.1 Å². The molecule has 0 fully saturated rings. The molecule has 3 amide bonds. The minimum Gasteiger partial charge on any atom is -0.493 e. The zero-order chi connectivity index (χ0) is 30.5. The fourth-order valence-electron chi connectivity index (χ4n) is 4.92. The molecule has 43 heavy (non-hydrogen) atoms. The summed E-state index contributed by atoms with van der Waals surface area (Å²) < 4.78 is 14.6. The van der Waals surface area contributed by atoms with E-state index in [0.29, 0.717) is 47.3 Å². The smallest absolute Gasteiger partial charge is 0.274 e. The van der Waals surface area contributed by atoms with Gasteiger partial charge in [0.05, 0.1) is 32.4 Å². The summed E-state index contributed by atoms with van der Waals surface area (Å²) in [5.41, 5.74) is 1.15. The second kappa shape index (κ2) is 12.9. The first kappa shape index (κ1) is 29.5. The lowest BCUT2D eigenvalue weighted by atomic mass is 10.0. The van der Waals surface area contributed by atoms with E-state index >= 15 is 0 Å². The van der Waals surface area contributed by atoms with Crippen molar-refractivity contribution in [3.63, 3.8) is 0 Å². The van der Waals surface area contributed by atoms with Crippen LogP contribution in [0.5, 0.6) is 11.5 Å². The third-order valence-electron chi connectivity index (χ3n) is 7.06. The number of fused-ring (bicyclic) bond motifs is 4. The summed E-state index contributed by atoms with van der Waals surface area (Å²) >= 11 is 0. The van der Waals surface area contributed by atoms with Gasteiger partial charge in [0.25, 0.3) is 11.8 Å². The van der Waals surface area contributed by atoms with Crippen molar-refractivity contribution in [2.45, 2.75) is 39.8 Å². The number of hydrogen-bond acceptors (Lipinski definition) is 9. The Labute approximate surface area is 248 Å². The maximum absolute atomic E-state index is 13.7. The lowest BCUT2D eigenvalue weighted by molar-refractivity contribution is -0.123. The van der Waals surface area contributed by atoms with Crippen molar-refractivity contribution in [1.82, 2.24) is 44.9 Å². The predicted molar refractivity (Wildman–Crippen MR) is 155 cm³/mol. The van der Waals surface area contributed by atoms with Gasteiger partial charge in [-0.3, -0.25) is 14.4 Å². The van der Waals surface area contributed by atoms with Crippen molar-refractivity contribution in [1.29, 1.82) is 0 Å². The number of carbonyl (C=O) groups is 3. The summed E-state index contributed by atoms with van der Waals surface area (Å²) in [6.07, 6.45) is 3.41. The molecule has 14 heteroatoms. The van der Waals surface area contributed by atoms with E-state index in [1.165, 1.54) is 22.7 Å². The van der Waals surface area contributed by atoms with Gasteiger partial charge in [-0.1, -0.05) is 13.8 Å². The maximum atomic E-state index is 13.7. The van der Waals surface area contributed by atoms with E-state index in [-0.39, 0.29) is 49.7 Å². The number of aromatic nitrogens is 6. The zero-order valence-corrected chi connectivity index (χ0v) is 24.6. The van der Waals surface area contributed by atoms with Gasteiger partial charge in [0.15, 0.2) is 22.8 Å². The van der Waals surface area contributed by atoms with E-state index in [4.69, 9.17) is 9.47 Å². The number of carbonyl (C=O) groups excluding carboxylic acids is 3. The third-order valence-corrected chi connectivity index (χ3v) is 7.06. The zero-order valence-electron chi connectivity index (χ0n) is 24.6. The van der Waals surface area contributed by atoms with Gasteiger partial charge in [-0.15, -0.1) is 0 Å². The number of benzene rings is 1. The fraction of sp³-hybridized carbons (Fsp3) is 0.414. The summed E-state index contributed by atoms with van der Waals surface area (Å²) in [7, 11) is 1.53. The lowest BCUT2D eigenvalue weighted by Crippen LogP contribution is -2.44. The van der Waals surface area contributed by atoms with E-state index in [9.17, 15) is 14.4 Å². The van der Waals surface area contributed by atoms with Gasteiger partial charge < -0.3 is 25.0 Å². The summed E-state index contributed by atoms with van der Waals surface area (Å²) in [6.45, 7) is 6.55. The highest BCUT2D eigenvalue weighted by Crippen LogP contribution is 2.28. The Balaban J connectivity index is 1.47. The van der Waals surface area contributed by atoms with Gasteiger partial charge in [0.2, 0.25) is 5.91 Å². The molecule has 14 nitrogen and oxygen atoms in total. The molecule has 0 spiro atoms. The van der Waals surface area contributed by atoms with Crippen LogP contribution in [0.4, 0.5) is 0 Å².